The average molecular weight is 496 g/mol. The summed E-state index contributed by atoms with van der Waals surface area (Å²) in [5.74, 6) is 0.946. The molecule has 1 aromatic rings. The van der Waals surface area contributed by atoms with Gasteiger partial charge in [0.25, 0.3) is 0 Å². The normalized spacial score (nSPS) is 16.9. The molecule has 0 spiro atoms. The van der Waals surface area contributed by atoms with Crippen LogP contribution < -0.4 is 5.32 Å². The van der Waals surface area contributed by atoms with Crippen LogP contribution in [0.5, 0.6) is 0 Å². The van der Waals surface area contributed by atoms with Crippen LogP contribution in [0.15, 0.2) is 29.3 Å². The molecular weight excluding hydrogens is 465 g/mol. The van der Waals surface area contributed by atoms with Gasteiger partial charge in [0.2, 0.25) is 0 Å². The Balaban J connectivity index is 0.00000338. The van der Waals surface area contributed by atoms with Crippen molar-refractivity contribution >= 4 is 41.5 Å². The Morgan fingerprint density at radius 1 is 1.35 bits per heavy atom. The summed E-state index contributed by atoms with van der Waals surface area (Å²) in [4.78, 5) is 7.12. The summed E-state index contributed by atoms with van der Waals surface area (Å²) < 4.78 is 11.4. The highest BCUT2D eigenvalue weighted by Gasteiger charge is 2.22. The fourth-order valence-electron chi connectivity index (χ4n) is 3.09. The maximum absolute atomic E-state index is 6.10. The number of piperidine rings is 1. The van der Waals surface area contributed by atoms with E-state index in [2.05, 4.69) is 24.1 Å². The molecule has 7 heteroatoms. The number of benzene rings is 1. The van der Waals surface area contributed by atoms with Gasteiger partial charge >= 0.3 is 0 Å². The number of nitrogens with zero attached hydrogens (tertiary/aromatic N) is 2. The van der Waals surface area contributed by atoms with E-state index in [4.69, 9.17) is 26.1 Å². The van der Waals surface area contributed by atoms with E-state index in [-0.39, 0.29) is 30.1 Å². The lowest BCUT2D eigenvalue weighted by molar-refractivity contribution is 0.0263. The van der Waals surface area contributed by atoms with Gasteiger partial charge in [-0.15, -0.1) is 24.0 Å². The molecule has 0 aromatic heterocycles. The minimum atomic E-state index is -0.103. The zero-order valence-electron chi connectivity index (χ0n) is 15.9. The van der Waals surface area contributed by atoms with Crippen molar-refractivity contribution in [3.05, 3.63) is 34.9 Å². The monoisotopic (exact) mass is 495 g/mol. The molecule has 0 saturated carbocycles. The molecule has 0 radical (unpaired) electrons. The van der Waals surface area contributed by atoms with Crippen LogP contribution in [-0.4, -0.2) is 56.9 Å². The first-order valence-electron chi connectivity index (χ1n) is 9.11. The molecule has 0 bridgehead atoms. The van der Waals surface area contributed by atoms with Gasteiger partial charge in [0.15, 0.2) is 5.96 Å². The van der Waals surface area contributed by atoms with E-state index < -0.39 is 0 Å². The van der Waals surface area contributed by atoms with Crippen LogP contribution in [0.3, 0.4) is 0 Å². The summed E-state index contributed by atoms with van der Waals surface area (Å²) in [6.07, 6.45) is 2.36. The van der Waals surface area contributed by atoms with Crippen molar-refractivity contribution in [3.8, 4) is 0 Å². The molecule has 5 nitrogen and oxygen atoms in total. The Morgan fingerprint density at radius 3 is 2.65 bits per heavy atom. The van der Waals surface area contributed by atoms with E-state index in [1.54, 1.807) is 7.11 Å². The highest BCUT2D eigenvalue weighted by molar-refractivity contribution is 14.0. The van der Waals surface area contributed by atoms with E-state index >= 15 is 0 Å². The Kier molecular flexibility index (Phi) is 11.5. The number of methoxy groups -OCH3 is 1. The molecule has 1 heterocycles. The number of hydrogen-bond donors (Lipinski definition) is 1. The molecule has 1 aliphatic heterocycles. The molecule has 1 saturated heterocycles. The van der Waals surface area contributed by atoms with Crippen LogP contribution in [-0.2, 0) is 9.47 Å². The van der Waals surface area contributed by atoms with Crippen molar-refractivity contribution in [2.24, 2.45) is 4.99 Å². The number of halogens is 2. The molecule has 0 aliphatic carbocycles. The van der Waals surface area contributed by atoms with Gasteiger partial charge in [0.1, 0.15) is 6.10 Å². The van der Waals surface area contributed by atoms with Gasteiger partial charge in [-0.2, -0.15) is 0 Å². The van der Waals surface area contributed by atoms with Gasteiger partial charge < -0.3 is 19.7 Å². The molecule has 1 atom stereocenters. The second-order valence-electron chi connectivity index (χ2n) is 6.12. The van der Waals surface area contributed by atoms with Gasteiger partial charge in [-0.05, 0) is 44.4 Å². The number of aliphatic imine (C=N–C) groups is 1. The summed E-state index contributed by atoms with van der Waals surface area (Å²) in [5, 5.41) is 4.11. The quantitative estimate of drug-likeness (QED) is 0.351. The van der Waals surface area contributed by atoms with Gasteiger partial charge in [0, 0.05) is 38.4 Å². The van der Waals surface area contributed by atoms with Crippen LogP contribution in [0.2, 0.25) is 5.02 Å². The van der Waals surface area contributed by atoms with E-state index in [9.17, 15) is 0 Å². The van der Waals surface area contributed by atoms with Crippen LogP contribution in [0.4, 0.5) is 0 Å². The Labute approximate surface area is 179 Å². The Hall–Kier alpha value is -0.570. The van der Waals surface area contributed by atoms with Crippen molar-refractivity contribution in [2.75, 3.05) is 39.9 Å². The van der Waals surface area contributed by atoms with Gasteiger partial charge in [0.05, 0.1) is 12.6 Å². The van der Waals surface area contributed by atoms with Crippen molar-refractivity contribution < 1.29 is 9.47 Å². The zero-order valence-corrected chi connectivity index (χ0v) is 19.0. The fourth-order valence-corrected chi connectivity index (χ4v) is 3.29. The molecule has 1 N–H and O–H groups in total. The largest absolute Gasteiger partial charge is 0.378 e. The summed E-state index contributed by atoms with van der Waals surface area (Å²) in [6, 6.07) is 7.77. The fraction of sp³-hybridized carbons (Fsp3) is 0.632. The van der Waals surface area contributed by atoms with Crippen LogP contribution in [0, 0.1) is 0 Å². The van der Waals surface area contributed by atoms with Crippen molar-refractivity contribution in [3.63, 3.8) is 0 Å². The maximum Gasteiger partial charge on any atom is 0.194 e. The number of likely N-dealkylation sites (tertiary alicyclic amines) is 1. The molecule has 1 unspecified atom stereocenters. The molecule has 148 valence electrons. The lowest BCUT2D eigenvalue weighted by Gasteiger charge is -2.34. The van der Waals surface area contributed by atoms with Gasteiger partial charge in [-0.3, -0.25) is 4.99 Å². The summed E-state index contributed by atoms with van der Waals surface area (Å²) >= 11 is 6.10. The lowest BCUT2D eigenvalue weighted by atomic mass is 10.1. The van der Waals surface area contributed by atoms with Crippen LogP contribution in [0.1, 0.15) is 38.4 Å². The van der Waals surface area contributed by atoms with E-state index in [1.165, 1.54) is 0 Å². The third-order valence-corrected chi connectivity index (χ3v) is 4.63. The predicted molar refractivity (Wildman–Crippen MR) is 119 cm³/mol. The number of nitrogens with one attached hydrogen (secondary N) is 1. The highest BCUT2D eigenvalue weighted by atomic mass is 127. The Morgan fingerprint density at radius 2 is 2.08 bits per heavy atom. The highest BCUT2D eigenvalue weighted by Crippen LogP contribution is 2.21. The third-order valence-electron chi connectivity index (χ3n) is 4.39. The smallest absolute Gasteiger partial charge is 0.194 e. The summed E-state index contributed by atoms with van der Waals surface area (Å²) in [6.45, 7) is 8.26. The lowest BCUT2D eigenvalue weighted by Crippen LogP contribution is -2.47. The topological polar surface area (TPSA) is 46.1 Å². The zero-order chi connectivity index (χ0) is 18.1. The molecule has 1 aliphatic rings. The molecule has 1 fully saturated rings. The minimum absolute atomic E-state index is 0. The molecular formula is C19H31ClIN3O2. The van der Waals surface area contributed by atoms with E-state index in [0.717, 1.165) is 50.6 Å². The molecule has 0 amide bonds. The predicted octanol–water partition coefficient (Wildman–Crippen LogP) is 4.11. The van der Waals surface area contributed by atoms with Gasteiger partial charge in [-0.1, -0.05) is 23.7 Å². The first-order valence-corrected chi connectivity index (χ1v) is 9.48. The van der Waals surface area contributed by atoms with Gasteiger partial charge in [-0.25, -0.2) is 0 Å². The summed E-state index contributed by atoms with van der Waals surface area (Å²) in [5.41, 5.74) is 1.05. The second kappa shape index (κ2) is 12.8. The van der Waals surface area contributed by atoms with Crippen molar-refractivity contribution in [1.29, 1.82) is 0 Å². The first kappa shape index (κ1) is 23.5. The SMILES string of the molecule is CCNC(=NCC(OC)c1cccc(Cl)c1)N1CCC(OCC)CC1.I. The average Bonchev–Trinajstić information content (AvgIpc) is 2.62. The first-order chi connectivity index (χ1) is 12.2. The second-order valence-corrected chi connectivity index (χ2v) is 6.55. The third kappa shape index (κ3) is 7.21. The molecule has 2 rings (SSSR count). The number of hydrogen-bond acceptors (Lipinski definition) is 3. The number of rotatable bonds is 7. The van der Waals surface area contributed by atoms with Crippen LogP contribution >= 0.6 is 35.6 Å². The minimum Gasteiger partial charge on any atom is -0.378 e. The molecule has 1 aromatic carbocycles. The van der Waals surface area contributed by atoms with E-state index in [1.807, 2.05) is 24.3 Å². The van der Waals surface area contributed by atoms with Crippen molar-refractivity contribution in [2.45, 2.75) is 38.9 Å². The molecule has 26 heavy (non-hydrogen) atoms. The maximum atomic E-state index is 6.10. The van der Waals surface area contributed by atoms with E-state index in [0.29, 0.717) is 17.7 Å². The number of ether oxygens (including phenoxy) is 2. The van der Waals surface area contributed by atoms with Crippen molar-refractivity contribution in [1.82, 2.24) is 10.2 Å². The Bertz CT molecular complexity index is 551. The van der Waals surface area contributed by atoms with Crippen LogP contribution in [0.25, 0.3) is 0 Å². The number of guanidine groups is 1. The standard InChI is InChI=1S/C19H30ClN3O2.HI/c1-4-21-19(23-11-9-17(10-12-23)25-5-2)22-14-18(24-3)15-7-6-8-16(20)13-15;/h6-8,13,17-18H,4-5,9-12,14H2,1-3H3,(H,21,22);1H. The summed E-state index contributed by atoms with van der Waals surface area (Å²) in [7, 11) is 1.71.